The van der Waals surface area contributed by atoms with E-state index in [0.717, 1.165) is 41.4 Å². The molecule has 1 saturated heterocycles. The number of benzene rings is 1. The lowest BCUT2D eigenvalue weighted by Gasteiger charge is -2.32. The van der Waals surface area contributed by atoms with E-state index in [9.17, 15) is 5.11 Å². The molecule has 1 N–H and O–H groups in total. The number of rotatable bonds is 4. The summed E-state index contributed by atoms with van der Waals surface area (Å²) < 4.78 is 1.94. The van der Waals surface area contributed by atoms with Crippen molar-refractivity contribution in [3.8, 4) is 5.82 Å². The highest BCUT2D eigenvalue weighted by Gasteiger charge is 2.62. The van der Waals surface area contributed by atoms with Crippen LogP contribution in [0.4, 0.5) is 5.82 Å². The molecule has 0 radical (unpaired) electrons. The molecule has 6 rings (SSSR count). The second-order valence-corrected chi connectivity index (χ2v) is 10.2. The molecule has 3 aliphatic rings. The molecule has 3 fully saturated rings. The number of aliphatic hydroxyl groups is 1. The summed E-state index contributed by atoms with van der Waals surface area (Å²) in [5.74, 6) is 2.65. The van der Waals surface area contributed by atoms with Crippen LogP contribution in [0.5, 0.6) is 0 Å². The molecule has 2 saturated carbocycles. The van der Waals surface area contributed by atoms with Crippen LogP contribution in [-0.2, 0) is 0 Å². The van der Waals surface area contributed by atoms with Crippen molar-refractivity contribution in [3.05, 3.63) is 42.4 Å². The molecule has 0 bridgehead atoms. The van der Waals surface area contributed by atoms with E-state index in [1.54, 1.807) is 6.33 Å². The number of hydrogen-bond donors (Lipinski definition) is 1. The van der Waals surface area contributed by atoms with Crippen LogP contribution < -0.4 is 4.90 Å². The minimum Gasteiger partial charge on any atom is -0.390 e. The number of aromatic nitrogens is 4. The van der Waals surface area contributed by atoms with Crippen LogP contribution in [0.15, 0.2) is 36.8 Å². The Morgan fingerprint density at radius 2 is 1.93 bits per heavy atom. The Balaban J connectivity index is 1.34. The Hall–Kier alpha value is -2.47. The van der Waals surface area contributed by atoms with E-state index in [1.165, 1.54) is 24.8 Å². The molecule has 30 heavy (non-hydrogen) atoms. The van der Waals surface area contributed by atoms with Crippen LogP contribution in [0, 0.1) is 11.3 Å². The molecule has 0 amide bonds. The van der Waals surface area contributed by atoms with Crippen LogP contribution >= 0.6 is 0 Å². The number of hydrogen-bond acceptors (Lipinski definition) is 5. The second kappa shape index (κ2) is 6.03. The summed E-state index contributed by atoms with van der Waals surface area (Å²) >= 11 is 0. The van der Waals surface area contributed by atoms with E-state index in [2.05, 4.69) is 45.1 Å². The minimum absolute atomic E-state index is 0.220. The van der Waals surface area contributed by atoms with Gasteiger partial charge in [0.05, 0.1) is 17.3 Å². The molecule has 2 aliphatic carbocycles. The fraction of sp³-hybridized carbons (Fsp3) is 0.542. The predicted molar refractivity (Wildman–Crippen MR) is 117 cm³/mol. The van der Waals surface area contributed by atoms with Gasteiger partial charge in [-0.25, -0.2) is 14.6 Å². The van der Waals surface area contributed by atoms with Gasteiger partial charge in [-0.1, -0.05) is 12.1 Å². The van der Waals surface area contributed by atoms with Crippen molar-refractivity contribution in [2.45, 2.75) is 64.0 Å². The Morgan fingerprint density at radius 1 is 1.13 bits per heavy atom. The standard InChI is InChI=1S/C24H29N5O/c1-15-18(23(2,3)30)6-9-28(15)21-11-22(26-14-25-21)29-20-10-16(4-5-17(20)13-27-29)19-12-24(19)7-8-24/h4-5,10-11,13-15,18-19,30H,6-9,12H2,1-3H3. The second-order valence-electron chi connectivity index (χ2n) is 10.2. The summed E-state index contributed by atoms with van der Waals surface area (Å²) in [5.41, 5.74) is 2.50. The Labute approximate surface area is 176 Å². The zero-order valence-corrected chi connectivity index (χ0v) is 17.9. The summed E-state index contributed by atoms with van der Waals surface area (Å²) in [5, 5.41) is 16.3. The molecule has 1 spiro atoms. The van der Waals surface area contributed by atoms with Gasteiger partial charge in [-0.3, -0.25) is 0 Å². The first kappa shape index (κ1) is 18.3. The minimum atomic E-state index is -0.694. The van der Waals surface area contributed by atoms with Crippen molar-refractivity contribution < 1.29 is 5.11 Å². The van der Waals surface area contributed by atoms with Crippen LogP contribution in [-0.4, -0.2) is 43.0 Å². The molecule has 6 nitrogen and oxygen atoms in total. The van der Waals surface area contributed by atoms with E-state index >= 15 is 0 Å². The quantitative estimate of drug-likeness (QED) is 0.711. The monoisotopic (exact) mass is 403 g/mol. The smallest absolute Gasteiger partial charge is 0.159 e. The third-order valence-corrected chi connectivity index (χ3v) is 7.89. The average Bonchev–Trinajstić information content (AvgIpc) is 3.55. The van der Waals surface area contributed by atoms with Crippen LogP contribution in [0.1, 0.15) is 57.9 Å². The van der Waals surface area contributed by atoms with E-state index in [-0.39, 0.29) is 12.0 Å². The van der Waals surface area contributed by atoms with Gasteiger partial charge in [0, 0.05) is 30.0 Å². The topological polar surface area (TPSA) is 67.1 Å². The molecular weight excluding hydrogens is 374 g/mol. The van der Waals surface area contributed by atoms with E-state index in [4.69, 9.17) is 0 Å². The average molecular weight is 404 g/mol. The van der Waals surface area contributed by atoms with Gasteiger partial charge in [0.15, 0.2) is 5.82 Å². The van der Waals surface area contributed by atoms with Crippen LogP contribution in [0.2, 0.25) is 0 Å². The molecule has 3 aromatic rings. The van der Waals surface area contributed by atoms with Gasteiger partial charge in [-0.2, -0.15) is 5.10 Å². The van der Waals surface area contributed by atoms with Gasteiger partial charge in [-0.15, -0.1) is 0 Å². The maximum atomic E-state index is 10.5. The highest BCUT2D eigenvalue weighted by atomic mass is 16.3. The van der Waals surface area contributed by atoms with E-state index in [0.29, 0.717) is 5.41 Å². The number of anilines is 1. The van der Waals surface area contributed by atoms with Crippen molar-refractivity contribution >= 4 is 16.7 Å². The fourth-order valence-electron chi connectivity index (χ4n) is 5.78. The van der Waals surface area contributed by atoms with Gasteiger partial charge < -0.3 is 10.0 Å². The highest BCUT2D eigenvalue weighted by Crippen LogP contribution is 2.75. The summed E-state index contributed by atoms with van der Waals surface area (Å²) in [7, 11) is 0. The largest absolute Gasteiger partial charge is 0.390 e. The first-order valence-corrected chi connectivity index (χ1v) is 11.1. The predicted octanol–water partition coefficient (Wildman–Crippen LogP) is 4.07. The molecular formula is C24H29N5O. The van der Waals surface area contributed by atoms with Crippen molar-refractivity contribution in [1.29, 1.82) is 0 Å². The van der Waals surface area contributed by atoms with Crippen molar-refractivity contribution in [2.75, 3.05) is 11.4 Å². The van der Waals surface area contributed by atoms with Crippen LogP contribution in [0.3, 0.4) is 0 Å². The van der Waals surface area contributed by atoms with Gasteiger partial charge >= 0.3 is 0 Å². The Kier molecular flexibility index (Phi) is 3.68. The molecule has 3 heterocycles. The maximum absolute atomic E-state index is 10.5. The molecule has 1 aliphatic heterocycles. The number of nitrogens with zero attached hydrogens (tertiary/aromatic N) is 5. The lowest BCUT2D eigenvalue weighted by molar-refractivity contribution is 0.0156. The number of fused-ring (bicyclic) bond motifs is 1. The molecule has 1 aromatic carbocycles. The molecule has 156 valence electrons. The fourth-order valence-corrected chi connectivity index (χ4v) is 5.78. The van der Waals surface area contributed by atoms with Gasteiger partial charge in [0.2, 0.25) is 0 Å². The van der Waals surface area contributed by atoms with Gasteiger partial charge in [-0.05, 0) is 69.4 Å². The Bertz CT molecular complexity index is 1130. The zero-order chi connectivity index (χ0) is 20.7. The maximum Gasteiger partial charge on any atom is 0.159 e. The molecule has 2 aromatic heterocycles. The first-order chi connectivity index (χ1) is 14.4. The van der Waals surface area contributed by atoms with Gasteiger partial charge in [0.25, 0.3) is 0 Å². The summed E-state index contributed by atoms with van der Waals surface area (Å²) in [6.07, 6.45) is 8.64. The van der Waals surface area contributed by atoms with Crippen LogP contribution in [0.25, 0.3) is 16.7 Å². The van der Waals surface area contributed by atoms with E-state index in [1.807, 2.05) is 30.8 Å². The third kappa shape index (κ3) is 2.77. The SMILES string of the molecule is CC1C(C(C)(C)O)CCN1c1cc(-n2ncc3ccc(C4CC45CC5)cc32)ncn1. The molecule has 3 atom stereocenters. The summed E-state index contributed by atoms with van der Waals surface area (Å²) in [4.78, 5) is 11.4. The highest BCUT2D eigenvalue weighted by molar-refractivity contribution is 5.81. The van der Waals surface area contributed by atoms with Gasteiger partial charge in [0.1, 0.15) is 12.1 Å². The lowest BCUT2D eigenvalue weighted by atomic mass is 9.85. The first-order valence-electron chi connectivity index (χ1n) is 11.1. The van der Waals surface area contributed by atoms with Crippen molar-refractivity contribution in [1.82, 2.24) is 19.7 Å². The molecule has 6 heteroatoms. The third-order valence-electron chi connectivity index (χ3n) is 7.89. The van der Waals surface area contributed by atoms with Crippen molar-refractivity contribution in [2.24, 2.45) is 11.3 Å². The zero-order valence-electron chi connectivity index (χ0n) is 17.9. The lowest BCUT2D eigenvalue weighted by Crippen LogP contribution is -2.40. The van der Waals surface area contributed by atoms with Crippen molar-refractivity contribution in [3.63, 3.8) is 0 Å². The van der Waals surface area contributed by atoms with E-state index < -0.39 is 5.60 Å². The molecule has 3 unspecified atom stereocenters. The summed E-state index contributed by atoms with van der Waals surface area (Å²) in [6, 6.07) is 9.03. The normalized spacial score (nSPS) is 27.2. The summed E-state index contributed by atoms with van der Waals surface area (Å²) in [6.45, 7) is 6.88. The Morgan fingerprint density at radius 3 is 2.63 bits per heavy atom.